The molecular formula is C21H28N4O4S. The Bertz CT molecular complexity index is 1020. The molecule has 2 aliphatic rings. The Labute approximate surface area is 177 Å². The Morgan fingerprint density at radius 1 is 0.967 bits per heavy atom. The van der Waals surface area contributed by atoms with E-state index < -0.39 is 10.0 Å². The minimum Gasteiger partial charge on any atom is -0.379 e. The van der Waals surface area contributed by atoms with Gasteiger partial charge >= 0.3 is 0 Å². The molecule has 0 spiro atoms. The minimum atomic E-state index is -3.54. The molecule has 2 saturated heterocycles. The fourth-order valence-corrected chi connectivity index (χ4v) is 5.30. The fourth-order valence-electron chi connectivity index (χ4n) is 3.85. The third kappa shape index (κ3) is 4.29. The largest absolute Gasteiger partial charge is 0.379 e. The van der Waals surface area contributed by atoms with Gasteiger partial charge in [-0.3, -0.25) is 5.01 Å². The zero-order valence-electron chi connectivity index (χ0n) is 17.5. The fraction of sp³-hybridized carbons (Fsp3) is 0.476. The van der Waals surface area contributed by atoms with Gasteiger partial charge in [-0.15, -0.1) is 0 Å². The van der Waals surface area contributed by atoms with Crippen LogP contribution in [-0.4, -0.2) is 81.1 Å². The Morgan fingerprint density at radius 2 is 1.63 bits per heavy atom. The summed E-state index contributed by atoms with van der Waals surface area (Å²) >= 11 is 0. The van der Waals surface area contributed by atoms with Crippen LogP contribution in [0.25, 0.3) is 5.69 Å². The van der Waals surface area contributed by atoms with E-state index in [1.54, 1.807) is 18.2 Å². The van der Waals surface area contributed by atoms with Crippen molar-refractivity contribution in [3.8, 4) is 5.69 Å². The third-order valence-corrected chi connectivity index (χ3v) is 7.40. The van der Waals surface area contributed by atoms with Crippen LogP contribution in [-0.2, 0) is 19.5 Å². The van der Waals surface area contributed by atoms with Gasteiger partial charge in [-0.05, 0) is 38.1 Å². The number of nitrogens with zero attached hydrogens (tertiary/aromatic N) is 4. The maximum atomic E-state index is 13.0. The quantitative estimate of drug-likeness (QED) is 0.674. The van der Waals surface area contributed by atoms with Crippen LogP contribution in [0, 0.1) is 13.8 Å². The molecule has 30 heavy (non-hydrogen) atoms. The van der Waals surface area contributed by atoms with Gasteiger partial charge in [0.05, 0.1) is 50.6 Å². The Balaban J connectivity index is 1.62. The SMILES string of the molecule is Cc1cc(/C=N/N2CCOCC2)c(C)n1-c1cccc(S(=O)(=O)N2CCOCC2)c1. The van der Waals surface area contributed by atoms with Crippen LogP contribution in [0.3, 0.4) is 0 Å². The molecule has 0 saturated carbocycles. The van der Waals surface area contributed by atoms with Crippen LogP contribution in [0.2, 0.25) is 0 Å². The molecule has 162 valence electrons. The first-order valence-electron chi connectivity index (χ1n) is 10.2. The molecule has 2 fully saturated rings. The van der Waals surface area contributed by atoms with Crippen LogP contribution in [0.4, 0.5) is 0 Å². The van der Waals surface area contributed by atoms with Gasteiger partial charge in [0.2, 0.25) is 10.0 Å². The molecule has 8 nitrogen and oxygen atoms in total. The van der Waals surface area contributed by atoms with Gasteiger partial charge in [0.15, 0.2) is 0 Å². The summed E-state index contributed by atoms with van der Waals surface area (Å²) in [7, 11) is -3.54. The highest BCUT2D eigenvalue weighted by Gasteiger charge is 2.26. The summed E-state index contributed by atoms with van der Waals surface area (Å²) in [6.45, 7) is 8.64. The molecule has 0 radical (unpaired) electrons. The summed E-state index contributed by atoms with van der Waals surface area (Å²) in [6.07, 6.45) is 1.87. The maximum absolute atomic E-state index is 13.0. The monoisotopic (exact) mass is 432 g/mol. The van der Waals surface area contributed by atoms with E-state index in [-0.39, 0.29) is 0 Å². The predicted molar refractivity (Wildman–Crippen MR) is 115 cm³/mol. The molecule has 4 rings (SSSR count). The Kier molecular flexibility index (Phi) is 6.24. The normalized spacial score (nSPS) is 18.9. The molecule has 0 amide bonds. The molecule has 1 aromatic carbocycles. The second kappa shape index (κ2) is 8.89. The lowest BCUT2D eigenvalue weighted by Gasteiger charge is -2.26. The lowest BCUT2D eigenvalue weighted by atomic mass is 10.2. The first-order chi connectivity index (χ1) is 14.5. The predicted octanol–water partition coefficient (Wildman–Crippen LogP) is 1.78. The molecule has 0 N–H and O–H groups in total. The molecule has 3 heterocycles. The van der Waals surface area contributed by atoms with Crippen molar-refractivity contribution in [1.29, 1.82) is 0 Å². The number of ether oxygens (including phenoxy) is 2. The number of hydrogen-bond acceptors (Lipinski definition) is 6. The second-order valence-electron chi connectivity index (χ2n) is 7.49. The molecule has 9 heteroatoms. The van der Waals surface area contributed by atoms with Crippen LogP contribution in [0.5, 0.6) is 0 Å². The molecular weight excluding hydrogens is 404 g/mol. The number of hydrazone groups is 1. The number of hydrogen-bond donors (Lipinski definition) is 0. The number of aromatic nitrogens is 1. The summed E-state index contributed by atoms with van der Waals surface area (Å²) in [5.41, 5.74) is 3.88. The summed E-state index contributed by atoms with van der Waals surface area (Å²) in [5, 5.41) is 6.59. The van der Waals surface area contributed by atoms with Crippen molar-refractivity contribution in [3.05, 3.63) is 47.3 Å². The molecule has 2 aliphatic heterocycles. The lowest BCUT2D eigenvalue weighted by molar-refractivity contribution is 0.0397. The topological polar surface area (TPSA) is 76.4 Å². The van der Waals surface area contributed by atoms with Crippen LogP contribution < -0.4 is 0 Å². The van der Waals surface area contributed by atoms with E-state index >= 15 is 0 Å². The van der Waals surface area contributed by atoms with E-state index in [4.69, 9.17) is 9.47 Å². The Hall–Kier alpha value is -2.20. The summed E-state index contributed by atoms with van der Waals surface area (Å²) in [4.78, 5) is 0.304. The van der Waals surface area contributed by atoms with Gasteiger partial charge in [-0.25, -0.2) is 8.42 Å². The minimum absolute atomic E-state index is 0.304. The van der Waals surface area contributed by atoms with Crippen molar-refractivity contribution in [2.24, 2.45) is 5.10 Å². The van der Waals surface area contributed by atoms with E-state index in [1.807, 2.05) is 31.1 Å². The summed E-state index contributed by atoms with van der Waals surface area (Å²) in [5.74, 6) is 0. The summed E-state index contributed by atoms with van der Waals surface area (Å²) < 4.78 is 40.3. The van der Waals surface area contributed by atoms with Crippen LogP contribution in [0.15, 0.2) is 40.3 Å². The number of benzene rings is 1. The Morgan fingerprint density at radius 3 is 2.33 bits per heavy atom. The van der Waals surface area contributed by atoms with Crippen molar-refractivity contribution < 1.29 is 17.9 Å². The smallest absolute Gasteiger partial charge is 0.243 e. The molecule has 0 atom stereocenters. The summed E-state index contributed by atoms with van der Waals surface area (Å²) in [6, 6.07) is 9.20. The van der Waals surface area contributed by atoms with E-state index in [9.17, 15) is 8.42 Å². The molecule has 1 aromatic heterocycles. The zero-order chi connectivity index (χ0) is 21.1. The molecule has 0 unspecified atom stereocenters. The highest BCUT2D eigenvalue weighted by atomic mass is 32.2. The van der Waals surface area contributed by atoms with Crippen LogP contribution in [0.1, 0.15) is 17.0 Å². The van der Waals surface area contributed by atoms with Gasteiger partial charge < -0.3 is 14.0 Å². The van der Waals surface area contributed by atoms with Crippen molar-refractivity contribution in [1.82, 2.24) is 13.9 Å². The van der Waals surface area contributed by atoms with Crippen molar-refractivity contribution in [3.63, 3.8) is 0 Å². The van der Waals surface area contributed by atoms with E-state index in [0.717, 1.165) is 35.7 Å². The number of sulfonamides is 1. The highest BCUT2D eigenvalue weighted by molar-refractivity contribution is 7.89. The molecule has 2 aromatic rings. The average Bonchev–Trinajstić information content (AvgIpc) is 3.06. The lowest BCUT2D eigenvalue weighted by Crippen LogP contribution is -2.40. The number of aryl methyl sites for hydroxylation is 1. The maximum Gasteiger partial charge on any atom is 0.243 e. The van der Waals surface area contributed by atoms with Gasteiger partial charge in [0.25, 0.3) is 0 Å². The van der Waals surface area contributed by atoms with Crippen LogP contribution >= 0.6 is 0 Å². The average molecular weight is 433 g/mol. The van der Waals surface area contributed by atoms with E-state index in [1.165, 1.54) is 4.31 Å². The zero-order valence-corrected chi connectivity index (χ0v) is 18.3. The van der Waals surface area contributed by atoms with Gasteiger partial charge in [0, 0.05) is 35.7 Å². The molecule has 0 aliphatic carbocycles. The van der Waals surface area contributed by atoms with E-state index in [2.05, 4.69) is 15.7 Å². The second-order valence-corrected chi connectivity index (χ2v) is 9.42. The first-order valence-corrected chi connectivity index (χ1v) is 11.6. The number of morpholine rings is 2. The van der Waals surface area contributed by atoms with E-state index in [0.29, 0.717) is 44.4 Å². The van der Waals surface area contributed by atoms with Gasteiger partial charge in [-0.2, -0.15) is 9.41 Å². The van der Waals surface area contributed by atoms with Crippen molar-refractivity contribution in [2.45, 2.75) is 18.7 Å². The van der Waals surface area contributed by atoms with Gasteiger partial charge in [-0.1, -0.05) is 6.07 Å². The van der Waals surface area contributed by atoms with Gasteiger partial charge in [0.1, 0.15) is 0 Å². The molecule has 0 bridgehead atoms. The van der Waals surface area contributed by atoms with Crippen molar-refractivity contribution >= 4 is 16.2 Å². The highest BCUT2D eigenvalue weighted by Crippen LogP contribution is 2.24. The number of rotatable bonds is 5. The standard InChI is InChI=1S/C21H28N4O4S/c1-17-14-19(16-22-23-6-10-28-11-7-23)18(2)25(17)20-4-3-5-21(15-20)30(26,27)24-8-12-29-13-9-24/h3-5,14-16H,6-13H2,1-2H3/b22-16+. The van der Waals surface area contributed by atoms with Crippen molar-refractivity contribution in [2.75, 3.05) is 52.6 Å². The third-order valence-electron chi connectivity index (χ3n) is 5.50. The first kappa shape index (κ1) is 21.0.